The molecule has 1 aliphatic heterocycles. The summed E-state index contributed by atoms with van der Waals surface area (Å²) in [5, 5.41) is 2.48. The molecule has 1 N–H and O–H groups in total. The van der Waals surface area contributed by atoms with Crippen molar-refractivity contribution in [2.24, 2.45) is 0 Å². The molecule has 0 aliphatic carbocycles. The van der Waals surface area contributed by atoms with Crippen LogP contribution in [0, 0.1) is 0 Å². The number of anilines is 1. The lowest BCUT2D eigenvalue weighted by Crippen LogP contribution is -2.45. The highest BCUT2D eigenvalue weighted by Crippen LogP contribution is 2.35. The fourth-order valence-electron chi connectivity index (χ4n) is 3.79. The molecule has 0 bridgehead atoms. The fraction of sp³-hybridized carbons (Fsp3) is 0.227. The van der Waals surface area contributed by atoms with Crippen LogP contribution in [0.2, 0.25) is 0 Å². The van der Waals surface area contributed by atoms with Gasteiger partial charge in [-0.1, -0.05) is 42.5 Å². The highest BCUT2D eigenvalue weighted by molar-refractivity contribution is 5.90. The van der Waals surface area contributed by atoms with Gasteiger partial charge in [0.1, 0.15) is 0 Å². The van der Waals surface area contributed by atoms with Gasteiger partial charge in [-0.15, -0.1) is 0 Å². The van der Waals surface area contributed by atoms with Gasteiger partial charge in [-0.05, 0) is 36.2 Å². The number of urea groups is 1. The van der Waals surface area contributed by atoms with Gasteiger partial charge in [0, 0.05) is 25.0 Å². The Hall–Kier alpha value is -3.22. The quantitative estimate of drug-likeness (QED) is 0.634. The van der Waals surface area contributed by atoms with Crippen LogP contribution in [0.1, 0.15) is 22.9 Å². The van der Waals surface area contributed by atoms with E-state index in [9.17, 15) is 18.0 Å². The zero-order chi connectivity index (χ0) is 20.4. The number of carbonyl (C=O) groups is 1. The minimum absolute atomic E-state index is 0.232. The third-order valence-corrected chi connectivity index (χ3v) is 5.17. The molecule has 29 heavy (non-hydrogen) atoms. The lowest BCUT2D eigenvalue weighted by Gasteiger charge is -2.37. The average molecular weight is 399 g/mol. The molecule has 3 aromatic rings. The number of benzene rings is 2. The van der Waals surface area contributed by atoms with E-state index < -0.39 is 17.8 Å². The molecule has 0 saturated carbocycles. The normalized spacial score (nSPS) is 16.4. The number of hydrogen-bond acceptors (Lipinski definition) is 1. The van der Waals surface area contributed by atoms with Crippen molar-refractivity contribution in [3.63, 3.8) is 0 Å². The van der Waals surface area contributed by atoms with Crippen molar-refractivity contribution in [3.8, 4) is 0 Å². The largest absolute Gasteiger partial charge is 0.418 e. The van der Waals surface area contributed by atoms with Crippen LogP contribution in [0.25, 0.3) is 0 Å². The van der Waals surface area contributed by atoms with Crippen molar-refractivity contribution in [1.29, 1.82) is 0 Å². The first-order valence-electron chi connectivity index (χ1n) is 9.36. The summed E-state index contributed by atoms with van der Waals surface area (Å²) >= 11 is 0. The summed E-state index contributed by atoms with van der Waals surface area (Å²) in [6.07, 6.45) is -2.00. The van der Waals surface area contributed by atoms with Crippen LogP contribution < -0.4 is 5.32 Å². The molecule has 2 aromatic carbocycles. The number of para-hydroxylation sites is 1. The summed E-state index contributed by atoms with van der Waals surface area (Å²) in [5.74, 6) is 0. The van der Waals surface area contributed by atoms with Gasteiger partial charge in [-0.2, -0.15) is 13.2 Å². The standard InChI is InChI=1S/C22H20F3N3O/c23-22(24,25)17-9-4-5-10-18(17)26-21(29)28-14-13-27-12-6-11-19(27)20(28)15-16-7-2-1-3-8-16/h1-12,20H,13-15H2,(H,26,29)/t20-/m1/s1. The topological polar surface area (TPSA) is 37.3 Å². The Balaban J connectivity index is 1.62. The maximum absolute atomic E-state index is 13.3. The summed E-state index contributed by atoms with van der Waals surface area (Å²) < 4.78 is 42.0. The molecule has 7 heteroatoms. The van der Waals surface area contributed by atoms with E-state index in [1.165, 1.54) is 18.2 Å². The highest BCUT2D eigenvalue weighted by atomic mass is 19.4. The molecule has 0 fully saturated rings. The molecule has 1 aromatic heterocycles. The summed E-state index contributed by atoms with van der Waals surface area (Å²) in [5.41, 5.74) is 0.942. The maximum atomic E-state index is 13.3. The van der Waals surface area contributed by atoms with Crippen molar-refractivity contribution >= 4 is 11.7 Å². The third kappa shape index (κ3) is 3.99. The Bertz CT molecular complexity index is 998. The van der Waals surface area contributed by atoms with Gasteiger partial charge in [0.15, 0.2) is 0 Å². The minimum atomic E-state index is -4.54. The van der Waals surface area contributed by atoms with E-state index in [0.29, 0.717) is 19.5 Å². The van der Waals surface area contributed by atoms with E-state index >= 15 is 0 Å². The first kappa shape index (κ1) is 19.1. The molecule has 0 spiro atoms. The number of nitrogens with zero attached hydrogens (tertiary/aromatic N) is 2. The SMILES string of the molecule is O=C(Nc1ccccc1C(F)(F)F)N1CCn2cccc2[C@H]1Cc1ccccc1. The molecule has 0 radical (unpaired) electrons. The Morgan fingerprint density at radius 2 is 1.69 bits per heavy atom. The first-order chi connectivity index (χ1) is 13.9. The van der Waals surface area contributed by atoms with Gasteiger partial charge >= 0.3 is 12.2 Å². The lowest BCUT2D eigenvalue weighted by atomic mass is 10.0. The number of hydrogen-bond donors (Lipinski definition) is 1. The monoisotopic (exact) mass is 399 g/mol. The number of nitrogens with one attached hydrogen (secondary N) is 1. The van der Waals surface area contributed by atoms with Gasteiger partial charge in [0.2, 0.25) is 0 Å². The second kappa shape index (κ2) is 7.66. The number of carbonyl (C=O) groups excluding carboxylic acids is 1. The van der Waals surface area contributed by atoms with E-state index in [0.717, 1.165) is 17.3 Å². The summed E-state index contributed by atoms with van der Waals surface area (Å²) in [7, 11) is 0. The second-order valence-electron chi connectivity index (χ2n) is 7.00. The minimum Gasteiger partial charge on any atom is -0.348 e. The van der Waals surface area contributed by atoms with Gasteiger partial charge in [-0.25, -0.2) is 4.79 Å². The van der Waals surface area contributed by atoms with Crippen LogP contribution >= 0.6 is 0 Å². The number of rotatable bonds is 3. The van der Waals surface area contributed by atoms with Gasteiger partial charge in [0.25, 0.3) is 0 Å². The second-order valence-corrected chi connectivity index (χ2v) is 7.00. The molecule has 4 rings (SSSR count). The number of amides is 2. The summed E-state index contributed by atoms with van der Waals surface area (Å²) in [6.45, 7) is 1.02. The van der Waals surface area contributed by atoms with Crippen LogP contribution in [0.3, 0.4) is 0 Å². The lowest BCUT2D eigenvalue weighted by molar-refractivity contribution is -0.136. The number of halogens is 3. The van der Waals surface area contributed by atoms with Crippen LogP contribution in [0.5, 0.6) is 0 Å². The van der Waals surface area contributed by atoms with Crippen molar-refractivity contribution in [1.82, 2.24) is 9.47 Å². The Labute approximate surface area is 166 Å². The van der Waals surface area contributed by atoms with E-state index in [-0.39, 0.29) is 11.7 Å². The predicted octanol–water partition coefficient (Wildman–Crippen LogP) is 5.34. The van der Waals surface area contributed by atoms with Crippen LogP contribution in [0.15, 0.2) is 72.9 Å². The zero-order valence-electron chi connectivity index (χ0n) is 15.6. The first-order valence-corrected chi connectivity index (χ1v) is 9.36. The number of aromatic nitrogens is 1. The van der Waals surface area contributed by atoms with Crippen molar-refractivity contribution < 1.29 is 18.0 Å². The number of alkyl halides is 3. The van der Waals surface area contributed by atoms with Crippen LogP contribution in [-0.2, 0) is 19.1 Å². The summed E-state index contributed by atoms with van der Waals surface area (Å²) in [6, 6.07) is 17.9. The molecule has 1 atom stereocenters. The molecule has 0 unspecified atom stereocenters. The maximum Gasteiger partial charge on any atom is 0.418 e. The van der Waals surface area contributed by atoms with Crippen LogP contribution in [0.4, 0.5) is 23.7 Å². The van der Waals surface area contributed by atoms with Crippen molar-refractivity contribution in [3.05, 3.63) is 89.7 Å². The molecular formula is C22H20F3N3O. The van der Waals surface area contributed by atoms with Gasteiger partial charge in [0.05, 0.1) is 17.3 Å². The Morgan fingerprint density at radius 3 is 2.45 bits per heavy atom. The molecule has 0 saturated heterocycles. The predicted molar refractivity (Wildman–Crippen MR) is 104 cm³/mol. The fourth-order valence-corrected chi connectivity index (χ4v) is 3.79. The Kier molecular flexibility index (Phi) is 5.05. The van der Waals surface area contributed by atoms with Gasteiger partial charge < -0.3 is 14.8 Å². The van der Waals surface area contributed by atoms with E-state index in [1.54, 1.807) is 4.90 Å². The summed E-state index contributed by atoms with van der Waals surface area (Å²) in [4.78, 5) is 14.6. The molecule has 4 nitrogen and oxygen atoms in total. The van der Waals surface area contributed by atoms with E-state index in [2.05, 4.69) is 9.88 Å². The third-order valence-electron chi connectivity index (χ3n) is 5.17. The van der Waals surface area contributed by atoms with Crippen LogP contribution in [-0.4, -0.2) is 22.0 Å². The highest BCUT2D eigenvalue weighted by Gasteiger charge is 2.35. The van der Waals surface area contributed by atoms with E-state index in [1.807, 2.05) is 48.7 Å². The van der Waals surface area contributed by atoms with Gasteiger partial charge in [-0.3, -0.25) is 0 Å². The molecular weight excluding hydrogens is 379 g/mol. The Morgan fingerprint density at radius 1 is 0.966 bits per heavy atom. The molecule has 1 aliphatic rings. The molecule has 2 heterocycles. The molecule has 2 amide bonds. The van der Waals surface area contributed by atoms with Crippen molar-refractivity contribution in [2.45, 2.75) is 25.2 Å². The molecule has 150 valence electrons. The zero-order valence-corrected chi connectivity index (χ0v) is 15.6. The average Bonchev–Trinajstić information content (AvgIpc) is 3.18. The van der Waals surface area contributed by atoms with E-state index in [4.69, 9.17) is 0 Å². The number of fused-ring (bicyclic) bond motifs is 1. The van der Waals surface area contributed by atoms with Crippen molar-refractivity contribution in [2.75, 3.05) is 11.9 Å². The smallest absolute Gasteiger partial charge is 0.348 e.